The van der Waals surface area contributed by atoms with Crippen LogP contribution in [0.25, 0.3) is 0 Å². The van der Waals surface area contributed by atoms with Crippen LogP contribution in [-0.2, 0) is 4.79 Å². The highest BCUT2D eigenvalue weighted by Crippen LogP contribution is 2.19. The van der Waals surface area contributed by atoms with E-state index < -0.39 is 0 Å². The van der Waals surface area contributed by atoms with E-state index in [1.807, 2.05) is 38.2 Å². The predicted molar refractivity (Wildman–Crippen MR) is 84.5 cm³/mol. The average Bonchev–Trinajstić information content (AvgIpc) is 2.48. The first kappa shape index (κ1) is 15.8. The van der Waals surface area contributed by atoms with Gasteiger partial charge < -0.3 is 15.0 Å². The molecular weight excluding hydrogens is 264 g/mol. The van der Waals surface area contributed by atoms with Gasteiger partial charge in [-0.2, -0.15) is 0 Å². The van der Waals surface area contributed by atoms with E-state index >= 15 is 0 Å². The molecule has 4 nitrogen and oxygen atoms in total. The van der Waals surface area contributed by atoms with Gasteiger partial charge in [0.2, 0.25) is 5.91 Å². The molecule has 1 aromatic rings. The number of carbonyl (C=O) groups is 1. The Balaban J connectivity index is 1.77. The number of benzene rings is 1. The smallest absolute Gasteiger partial charge is 0.225 e. The summed E-state index contributed by atoms with van der Waals surface area (Å²) in [5.74, 6) is 1.30. The van der Waals surface area contributed by atoms with Crippen molar-refractivity contribution in [3.8, 4) is 5.75 Å². The first-order valence-electron chi connectivity index (χ1n) is 7.74. The molecule has 1 fully saturated rings. The van der Waals surface area contributed by atoms with Crippen LogP contribution in [-0.4, -0.2) is 43.6 Å². The summed E-state index contributed by atoms with van der Waals surface area (Å²) in [6.07, 6.45) is 1.87. The van der Waals surface area contributed by atoms with Crippen molar-refractivity contribution in [2.24, 2.45) is 5.92 Å². The SMILES string of the molecule is Cc1ccccc1OCCN(C)C(=O)[C@H]1CCN[C@@H](C)C1. The van der Waals surface area contributed by atoms with Gasteiger partial charge in [-0.15, -0.1) is 0 Å². The van der Waals surface area contributed by atoms with E-state index in [0.717, 1.165) is 30.7 Å². The minimum absolute atomic E-state index is 0.157. The van der Waals surface area contributed by atoms with Gasteiger partial charge in [-0.25, -0.2) is 0 Å². The van der Waals surface area contributed by atoms with Crippen molar-refractivity contribution < 1.29 is 9.53 Å². The number of amides is 1. The van der Waals surface area contributed by atoms with E-state index in [0.29, 0.717) is 19.2 Å². The van der Waals surface area contributed by atoms with E-state index in [1.54, 1.807) is 4.90 Å². The Bertz CT molecular complexity index is 476. The third kappa shape index (κ3) is 4.46. The quantitative estimate of drug-likeness (QED) is 0.904. The van der Waals surface area contributed by atoms with Crippen molar-refractivity contribution in [2.75, 3.05) is 26.7 Å². The molecular formula is C17H26N2O2. The Labute approximate surface area is 127 Å². The monoisotopic (exact) mass is 290 g/mol. The molecule has 0 bridgehead atoms. The van der Waals surface area contributed by atoms with Crippen molar-refractivity contribution in [1.29, 1.82) is 0 Å². The summed E-state index contributed by atoms with van der Waals surface area (Å²) in [7, 11) is 1.87. The van der Waals surface area contributed by atoms with Gasteiger partial charge >= 0.3 is 0 Å². The molecule has 1 heterocycles. The summed E-state index contributed by atoms with van der Waals surface area (Å²) in [6.45, 7) is 6.27. The highest BCUT2D eigenvalue weighted by atomic mass is 16.5. The molecule has 1 aliphatic heterocycles. The first-order chi connectivity index (χ1) is 10.1. The number of nitrogens with zero attached hydrogens (tertiary/aromatic N) is 1. The second kappa shape index (κ2) is 7.46. The third-order valence-electron chi connectivity index (χ3n) is 4.13. The van der Waals surface area contributed by atoms with Gasteiger partial charge in [0.15, 0.2) is 0 Å². The maximum Gasteiger partial charge on any atom is 0.225 e. The van der Waals surface area contributed by atoms with Gasteiger partial charge in [-0.05, 0) is 44.9 Å². The van der Waals surface area contributed by atoms with E-state index in [4.69, 9.17) is 4.74 Å². The Morgan fingerprint density at radius 3 is 2.90 bits per heavy atom. The average molecular weight is 290 g/mol. The molecule has 4 heteroatoms. The van der Waals surface area contributed by atoms with E-state index in [2.05, 4.69) is 12.2 Å². The van der Waals surface area contributed by atoms with Gasteiger partial charge in [0, 0.05) is 19.0 Å². The molecule has 2 rings (SSSR count). The number of piperidine rings is 1. The molecule has 21 heavy (non-hydrogen) atoms. The first-order valence-corrected chi connectivity index (χ1v) is 7.74. The van der Waals surface area contributed by atoms with Gasteiger partial charge in [0.05, 0.1) is 6.54 Å². The number of para-hydroxylation sites is 1. The molecule has 0 aliphatic carbocycles. The Morgan fingerprint density at radius 1 is 1.43 bits per heavy atom. The predicted octanol–water partition coefficient (Wildman–Crippen LogP) is 2.22. The maximum absolute atomic E-state index is 12.4. The second-order valence-electron chi connectivity index (χ2n) is 5.95. The van der Waals surface area contributed by atoms with Crippen LogP contribution in [0.2, 0.25) is 0 Å². The van der Waals surface area contributed by atoms with Crippen molar-refractivity contribution in [2.45, 2.75) is 32.7 Å². The number of rotatable bonds is 5. The lowest BCUT2D eigenvalue weighted by Crippen LogP contribution is -2.43. The van der Waals surface area contributed by atoms with Crippen molar-refractivity contribution in [3.63, 3.8) is 0 Å². The van der Waals surface area contributed by atoms with Gasteiger partial charge in [-0.3, -0.25) is 4.79 Å². The van der Waals surface area contributed by atoms with Crippen LogP contribution in [0.3, 0.4) is 0 Å². The molecule has 0 radical (unpaired) electrons. The highest BCUT2D eigenvalue weighted by molar-refractivity contribution is 5.78. The fourth-order valence-corrected chi connectivity index (χ4v) is 2.79. The van der Waals surface area contributed by atoms with Crippen LogP contribution in [0, 0.1) is 12.8 Å². The van der Waals surface area contributed by atoms with Gasteiger partial charge in [0.1, 0.15) is 12.4 Å². The lowest BCUT2D eigenvalue weighted by atomic mass is 9.92. The molecule has 2 atom stereocenters. The summed E-state index contributed by atoms with van der Waals surface area (Å²) < 4.78 is 5.76. The van der Waals surface area contributed by atoms with Crippen LogP contribution >= 0.6 is 0 Å². The van der Waals surface area contributed by atoms with Crippen molar-refractivity contribution in [1.82, 2.24) is 10.2 Å². The molecule has 1 aromatic carbocycles. The lowest BCUT2D eigenvalue weighted by Gasteiger charge is -2.30. The molecule has 1 aliphatic rings. The molecule has 0 saturated carbocycles. The number of hydrogen-bond donors (Lipinski definition) is 1. The number of likely N-dealkylation sites (N-methyl/N-ethyl adjacent to an activating group) is 1. The normalized spacial score (nSPS) is 21.9. The Morgan fingerprint density at radius 2 is 2.19 bits per heavy atom. The lowest BCUT2D eigenvalue weighted by molar-refractivity contribution is -0.135. The number of aryl methyl sites for hydroxylation is 1. The third-order valence-corrected chi connectivity index (χ3v) is 4.13. The fourth-order valence-electron chi connectivity index (χ4n) is 2.79. The zero-order valence-electron chi connectivity index (χ0n) is 13.3. The second-order valence-corrected chi connectivity index (χ2v) is 5.95. The minimum Gasteiger partial charge on any atom is -0.491 e. The molecule has 0 spiro atoms. The Kier molecular flexibility index (Phi) is 5.62. The zero-order valence-corrected chi connectivity index (χ0v) is 13.3. The van der Waals surface area contributed by atoms with Crippen LogP contribution < -0.4 is 10.1 Å². The molecule has 1 saturated heterocycles. The van der Waals surface area contributed by atoms with E-state index in [9.17, 15) is 4.79 Å². The summed E-state index contributed by atoms with van der Waals surface area (Å²) in [5, 5.41) is 3.38. The minimum atomic E-state index is 0.157. The summed E-state index contributed by atoms with van der Waals surface area (Å²) in [4.78, 5) is 14.2. The van der Waals surface area contributed by atoms with Crippen LogP contribution in [0.15, 0.2) is 24.3 Å². The van der Waals surface area contributed by atoms with Gasteiger partial charge in [-0.1, -0.05) is 18.2 Å². The molecule has 116 valence electrons. The van der Waals surface area contributed by atoms with E-state index in [-0.39, 0.29) is 11.8 Å². The number of nitrogens with one attached hydrogen (secondary N) is 1. The van der Waals surface area contributed by atoms with Crippen LogP contribution in [0.5, 0.6) is 5.75 Å². The molecule has 1 N–H and O–H groups in total. The molecule has 0 unspecified atom stereocenters. The van der Waals surface area contributed by atoms with Gasteiger partial charge in [0.25, 0.3) is 0 Å². The number of ether oxygens (including phenoxy) is 1. The molecule has 0 aromatic heterocycles. The number of hydrogen-bond acceptors (Lipinski definition) is 3. The topological polar surface area (TPSA) is 41.6 Å². The highest BCUT2D eigenvalue weighted by Gasteiger charge is 2.26. The van der Waals surface area contributed by atoms with Crippen LogP contribution in [0.1, 0.15) is 25.3 Å². The summed E-state index contributed by atoms with van der Waals surface area (Å²) >= 11 is 0. The fraction of sp³-hybridized carbons (Fsp3) is 0.588. The summed E-state index contributed by atoms with van der Waals surface area (Å²) in [6, 6.07) is 8.39. The standard InChI is InChI=1S/C17H26N2O2/c1-13-6-4-5-7-16(13)21-11-10-19(3)17(20)15-8-9-18-14(2)12-15/h4-7,14-15,18H,8-12H2,1-3H3/t14-,15-/m0/s1. The van der Waals surface area contributed by atoms with E-state index in [1.165, 1.54) is 0 Å². The van der Waals surface area contributed by atoms with Crippen molar-refractivity contribution in [3.05, 3.63) is 29.8 Å². The van der Waals surface area contributed by atoms with Crippen LogP contribution in [0.4, 0.5) is 0 Å². The Hall–Kier alpha value is -1.55. The van der Waals surface area contributed by atoms with Crippen molar-refractivity contribution >= 4 is 5.91 Å². The number of carbonyl (C=O) groups excluding carboxylic acids is 1. The largest absolute Gasteiger partial charge is 0.491 e. The zero-order chi connectivity index (χ0) is 15.2. The molecule has 1 amide bonds. The summed E-state index contributed by atoms with van der Waals surface area (Å²) in [5.41, 5.74) is 1.12. The maximum atomic E-state index is 12.4.